The van der Waals surface area contributed by atoms with Crippen LogP contribution >= 0.6 is 0 Å². The molecule has 0 amide bonds. The molecule has 0 aliphatic heterocycles. The summed E-state index contributed by atoms with van der Waals surface area (Å²) in [5.74, 6) is 0. The van der Waals surface area contributed by atoms with Gasteiger partial charge in [-0.3, -0.25) is 0 Å². The molecule has 1 heterocycles. The predicted octanol–water partition coefficient (Wildman–Crippen LogP) is -1.43. The van der Waals surface area contributed by atoms with Gasteiger partial charge in [0.2, 0.25) is 0 Å². The Balaban J connectivity index is 0.00000225. The molecule has 0 unspecified atom stereocenters. The minimum absolute atomic E-state index is 0. The van der Waals surface area contributed by atoms with E-state index in [1.165, 1.54) is 0 Å². The van der Waals surface area contributed by atoms with Crippen molar-refractivity contribution in [1.82, 2.24) is 4.98 Å². The number of hydrogen-bond acceptors (Lipinski definition) is 2. The predicted molar refractivity (Wildman–Crippen MR) is 60.1 cm³/mol. The second-order valence-electron chi connectivity index (χ2n) is 3.10. The molecule has 0 saturated carbocycles. The van der Waals surface area contributed by atoms with Crippen LogP contribution in [-0.4, -0.2) is 18.2 Å². The van der Waals surface area contributed by atoms with Gasteiger partial charge in [-0.1, -0.05) is 18.7 Å². The molecule has 0 saturated heterocycles. The van der Waals surface area contributed by atoms with Gasteiger partial charge < -0.3 is 14.8 Å². The number of aromatic amines is 1. The maximum absolute atomic E-state index is 10.2. The van der Waals surface area contributed by atoms with Crippen molar-refractivity contribution in [3.8, 4) is 0 Å². The first-order valence-corrected chi connectivity index (χ1v) is 4.94. The maximum atomic E-state index is 10.2. The summed E-state index contributed by atoms with van der Waals surface area (Å²) < 4.78 is 5.21. The van der Waals surface area contributed by atoms with Gasteiger partial charge in [-0.15, -0.1) is 6.61 Å². The van der Waals surface area contributed by atoms with Gasteiger partial charge in [-0.05, 0) is 13.0 Å². The van der Waals surface area contributed by atoms with E-state index in [9.17, 15) is 5.11 Å². The molecule has 16 heavy (non-hydrogen) atoms. The Morgan fingerprint density at radius 1 is 1.56 bits per heavy atom. The molecule has 4 heteroatoms. The van der Waals surface area contributed by atoms with E-state index in [1.54, 1.807) is 6.08 Å². The monoisotopic (exact) mass is 245 g/mol. The number of allylic oxidation sites excluding steroid dienone is 1. The summed E-state index contributed by atoms with van der Waals surface area (Å²) >= 11 is 0. The second-order valence-corrected chi connectivity index (χ2v) is 3.10. The summed E-state index contributed by atoms with van der Waals surface area (Å²) in [6, 6.07) is 0. The molecular weight excluding hydrogens is 229 g/mol. The average molecular weight is 245 g/mol. The Morgan fingerprint density at radius 2 is 2.31 bits per heavy atom. The quantitative estimate of drug-likeness (QED) is 0.493. The molecule has 82 valence electrons. The van der Waals surface area contributed by atoms with Crippen LogP contribution in [0.25, 0.3) is 12.2 Å². The van der Waals surface area contributed by atoms with Crippen LogP contribution in [0.15, 0.2) is 18.9 Å². The molecule has 0 spiro atoms. The fourth-order valence-electron chi connectivity index (χ4n) is 1.39. The van der Waals surface area contributed by atoms with Crippen molar-refractivity contribution in [2.24, 2.45) is 0 Å². The van der Waals surface area contributed by atoms with Crippen molar-refractivity contribution in [2.75, 3.05) is 13.2 Å². The molecule has 0 atom stereocenters. The molecule has 1 aromatic heterocycles. The van der Waals surface area contributed by atoms with E-state index in [0.717, 1.165) is 16.8 Å². The molecule has 0 aliphatic carbocycles. The third kappa shape index (κ3) is 4.67. The normalized spacial score (nSPS) is 10.4. The zero-order valence-corrected chi connectivity index (χ0v) is 13.1. The average Bonchev–Trinajstić information content (AvgIpc) is 2.62. The van der Waals surface area contributed by atoms with Gasteiger partial charge in [0.15, 0.2) is 0 Å². The van der Waals surface area contributed by atoms with Crippen molar-refractivity contribution >= 4 is 12.2 Å². The molecule has 0 bridgehead atoms. The van der Waals surface area contributed by atoms with Gasteiger partial charge in [0.25, 0.3) is 0 Å². The Hall–Kier alpha value is 0.316. The first-order chi connectivity index (χ1) is 7.33. The van der Waals surface area contributed by atoms with Gasteiger partial charge >= 0.3 is 51.4 Å². The number of hydrogen-bond donors (Lipinski definition) is 1. The fraction of sp³-hybridized carbons (Fsp3) is 0.333. The number of aromatic nitrogens is 1. The molecule has 0 radical (unpaired) electrons. The molecule has 0 aliphatic rings. The molecular formula is C12H16KNO2. The summed E-state index contributed by atoms with van der Waals surface area (Å²) in [5, 5.41) is 10.2. The molecule has 0 fully saturated rings. The van der Waals surface area contributed by atoms with Crippen molar-refractivity contribution < 1.29 is 61.2 Å². The standard InChI is InChI=1S/C12H16NO2.K/c1-3-5-11-10(9-15-7-6-14)8-13-12(11)4-2;/h3-5,8,13H,2,6-7,9H2,1H3;/q-1;+1/b5-3-;. The summed E-state index contributed by atoms with van der Waals surface area (Å²) in [4.78, 5) is 3.11. The first kappa shape index (κ1) is 16.3. The van der Waals surface area contributed by atoms with Crippen LogP contribution in [0.1, 0.15) is 23.7 Å². The minimum Gasteiger partial charge on any atom is -0.853 e. The summed E-state index contributed by atoms with van der Waals surface area (Å²) in [6.07, 6.45) is 7.63. The second kappa shape index (κ2) is 9.36. The van der Waals surface area contributed by atoms with Crippen molar-refractivity contribution in [1.29, 1.82) is 0 Å². The van der Waals surface area contributed by atoms with Crippen molar-refractivity contribution in [3.63, 3.8) is 0 Å². The zero-order valence-electron chi connectivity index (χ0n) is 9.95. The van der Waals surface area contributed by atoms with Gasteiger partial charge in [0.05, 0.1) is 6.61 Å². The van der Waals surface area contributed by atoms with Crippen LogP contribution in [0, 0.1) is 0 Å². The smallest absolute Gasteiger partial charge is 0.853 e. The summed E-state index contributed by atoms with van der Waals surface area (Å²) in [7, 11) is 0. The van der Waals surface area contributed by atoms with Gasteiger partial charge in [0.1, 0.15) is 0 Å². The van der Waals surface area contributed by atoms with E-state index < -0.39 is 0 Å². The van der Waals surface area contributed by atoms with Crippen molar-refractivity contribution in [3.05, 3.63) is 35.7 Å². The van der Waals surface area contributed by atoms with Crippen molar-refractivity contribution in [2.45, 2.75) is 13.5 Å². The maximum Gasteiger partial charge on any atom is 1.00 e. The van der Waals surface area contributed by atoms with E-state index >= 15 is 0 Å². The molecule has 3 nitrogen and oxygen atoms in total. The van der Waals surface area contributed by atoms with Gasteiger partial charge in [-0.25, -0.2) is 0 Å². The zero-order chi connectivity index (χ0) is 11.1. The summed E-state index contributed by atoms with van der Waals surface area (Å²) in [5.41, 5.74) is 3.11. The molecule has 1 rings (SSSR count). The Bertz CT molecular complexity index is 345. The Labute approximate surface area is 139 Å². The van der Waals surface area contributed by atoms with Crippen LogP contribution in [-0.2, 0) is 11.3 Å². The van der Waals surface area contributed by atoms with E-state index in [0.29, 0.717) is 6.61 Å². The molecule has 0 aromatic carbocycles. The number of ether oxygens (including phenoxy) is 1. The van der Waals surface area contributed by atoms with Crippen LogP contribution in [0.4, 0.5) is 0 Å². The Kier molecular flexibility index (Phi) is 9.54. The molecule has 1 N–H and O–H groups in total. The first-order valence-electron chi connectivity index (χ1n) is 4.94. The van der Waals surface area contributed by atoms with Gasteiger partial charge in [-0.2, -0.15) is 0 Å². The van der Waals surface area contributed by atoms with E-state index in [1.807, 2.05) is 25.3 Å². The topological polar surface area (TPSA) is 48.1 Å². The van der Waals surface area contributed by atoms with Crippen LogP contribution in [0.2, 0.25) is 0 Å². The third-order valence-electron chi connectivity index (χ3n) is 2.06. The van der Waals surface area contributed by atoms with Crippen LogP contribution in [0.3, 0.4) is 0 Å². The van der Waals surface area contributed by atoms with Crippen LogP contribution in [0.5, 0.6) is 0 Å². The minimum atomic E-state index is -0.197. The van der Waals surface area contributed by atoms with Crippen LogP contribution < -0.4 is 56.5 Å². The SMILES string of the molecule is C=Cc1[nH]cc(COCC[O-])c1/C=C\C.[K+]. The van der Waals surface area contributed by atoms with E-state index in [4.69, 9.17) is 4.74 Å². The van der Waals surface area contributed by atoms with E-state index in [2.05, 4.69) is 11.6 Å². The number of rotatable bonds is 6. The summed E-state index contributed by atoms with van der Waals surface area (Å²) in [6.45, 7) is 6.21. The third-order valence-corrected chi connectivity index (χ3v) is 2.06. The Morgan fingerprint density at radius 3 is 2.88 bits per heavy atom. The fourth-order valence-corrected chi connectivity index (χ4v) is 1.39. The molecule has 1 aromatic rings. The van der Waals surface area contributed by atoms with E-state index in [-0.39, 0.29) is 64.6 Å². The number of H-pyrrole nitrogens is 1. The number of nitrogens with one attached hydrogen (secondary N) is 1. The largest absolute Gasteiger partial charge is 1.00 e. The van der Waals surface area contributed by atoms with Gasteiger partial charge in [0, 0.05) is 29.6 Å².